The summed E-state index contributed by atoms with van der Waals surface area (Å²) in [5, 5.41) is 0. The third-order valence-electron chi connectivity index (χ3n) is 5.17. The normalized spacial score (nSPS) is 41.4. The highest BCUT2D eigenvalue weighted by atomic mass is 14.5. The van der Waals surface area contributed by atoms with Crippen LogP contribution in [-0.2, 0) is 0 Å². The Morgan fingerprint density at radius 2 is 2.12 bits per heavy atom. The SMILES string of the molecule is C=C/C=C1\CCCC2(C)C1CCC2C(C)C. The maximum Gasteiger partial charge on any atom is -0.0143 e. The zero-order valence-corrected chi connectivity index (χ0v) is 11.1. The molecule has 0 N–H and O–H groups in total. The van der Waals surface area contributed by atoms with Crippen molar-refractivity contribution >= 4 is 0 Å². The average Bonchev–Trinajstić information content (AvgIpc) is 2.56. The first kappa shape index (κ1) is 12.0. The molecule has 0 saturated heterocycles. The van der Waals surface area contributed by atoms with Crippen LogP contribution in [0.5, 0.6) is 0 Å². The summed E-state index contributed by atoms with van der Waals surface area (Å²) in [7, 11) is 0. The Hall–Kier alpha value is -0.520. The molecule has 2 aliphatic rings. The van der Waals surface area contributed by atoms with Crippen LogP contribution in [0.2, 0.25) is 0 Å². The summed E-state index contributed by atoms with van der Waals surface area (Å²) in [6, 6.07) is 0. The molecule has 0 aliphatic heterocycles. The Kier molecular flexibility index (Phi) is 3.28. The zero-order chi connectivity index (χ0) is 11.8. The van der Waals surface area contributed by atoms with Gasteiger partial charge in [0.1, 0.15) is 0 Å². The van der Waals surface area contributed by atoms with Crippen LogP contribution in [0, 0.1) is 23.2 Å². The van der Waals surface area contributed by atoms with Crippen molar-refractivity contribution in [2.75, 3.05) is 0 Å². The fourth-order valence-electron chi connectivity index (χ4n) is 4.53. The number of allylic oxidation sites excluding steroid dienone is 3. The lowest BCUT2D eigenvalue weighted by molar-refractivity contribution is 0.104. The van der Waals surface area contributed by atoms with Crippen molar-refractivity contribution in [2.24, 2.45) is 23.2 Å². The van der Waals surface area contributed by atoms with Gasteiger partial charge in [0.15, 0.2) is 0 Å². The maximum absolute atomic E-state index is 3.87. The van der Waals surface area contributed by atoms with Crippen LogP contribution in [0.15, 0.2) is 24.3 Å². The van der Waals surface area contributed by atoms with Crippen molar-refractivity contribution in [3.8, 4) is 0 Å². The largest absolute Gasteiger partial charge is 0.0991 e. The second-order valence-corrected chi connectivity index (χ2v) is 6.32. The molecule has 0 aromatic heterocycles. The van der Waals surface area contributed by atoms with E-state index in [1.807, 2.05) is 6.08 Å². The van der Waals surface area contributed by atoms with Crippen molar-refractivity contribution in [1.29, 1.82) is 0 Å². The van der Waals surface area contributed by atoms with Gasteiger partial charge in [0.05, 0.1) is 0 Å². The fourth-order valence-corrected chi connectivity index (χ4v) is 4.53. The van der Waals surface area contributed by atoms with E-state index in [0.29, 0.717) is 5.41 Å². The molecule has 0 aromatic rings. The third-order valence-corrected chi connectivity index (χ3v) is 5.17. The van der Waals surface area contributed by atoms with Gasteiger partial charge in [-0.2, -0.15) is 0 Å². The quantitative estimate of drug-likeness (QED) is 0.614. The van der Waals surface area contributed by atoms with E-state index in [4.69, 9.17) is 0 Å². The van der Waals surface area contributed by atoms with Crippen molar-refractivity contribution < 1.29 is 0 Å². The second kappa shape index (κ2) is 4.39. The minimum Gasteiger partial charge on any atom is -0.0991 e. The lowest BCUT2D eigenvalue weighted by Crippen LogP contribution is -2.35. The standard InChI is InChI=1S/C16H26/c1-5-7-13-8-6-11-16(4)14(12(2)3)9-10-15(13)16/h5,7,12,14-15H,1,6,8-11H2,2-4H3/b13-7+. The summed E-state index contributed by atoms with van der Waals surface area (Å²) in [6.07, 6.45) is 11.3. The maximum atomic E-state index is 3.87. The van der Waals surface area contributed by atoms with Crippen LogP contribution in [0.1, 0.15) is 52.9 Å². The van der Waals surface area contributed by atoms with Crippen LogP contribution in [0.25, 0.3) is 0 Å². The van der Waals surface area contributed by atoms with Gasteiger partial charge in [-0.25, -0.2) is 0 Å². The molecule has 0 aromatic carbocycles. The van der Waals surface area contributed by atoms with Gasteiger partial charge in [-0.1, -0.05) is 45.1 Å². The molecule has 0 bridgehead atoms. The number of fused-ring (bicyclic) bond motifs is 1. The monoisotopic (exact) mass is 218 g/mol. The predicted octanol–water partition coefficient (Wildman–Crippen LogP) is 4.97. The molecule has 0 heterocycles. The summed E-state index contributed by atoms with van der Waals surface area (Å²) >= 11 is 0. The first-order chi connectivity index (χ1) is 7.59. The zero-order valence-electron chi connectivity index (χ0n) is 11.1. The Labute approximate surface area is 101 Å². The summed E-state index contributed by atoms with van der Waals surface area (Å²) in [4.78, 5) is 0. The molecule has 2 saturated carbocycles. The minimum absolute atomic E-state index is 0.585. The van der Waals surface area contributed by atoms with E-state index in [1.54, 1.807) is 5.57 Å². The van der Waals surface area contributed by atoms with Crippen molar-refractivity contribution in [3.63, 3.8) is 0 Å². The van der Waals surface area contributed by atoms with Gasteiger partial charge in [0.2, 0.25) is 0 Å². The molecule has 16 heavy (non-hydrogen) atoms. The van der Waals surface area contributed by atoms with E-state index in [1.165, 1.54) is 32.1 Å². The predicted molar refractivity (Wildman–Crippen MR) is 71.3 cm³/mol. The molecule has 0 nitrogen and oxygen atoms in total. The van der Waals surface area contributed by atoms with E-state index in [9.17, 15) is 0 Å². The molecule has 90 valence electrons. The molecule has 2 rings (SSSR count). The second-order valence-electron chi connectivity index (χ2n) is 6.32. The number of hydrogen-bond donors (Lipinski definition) is 0. The first-order valence-electron chi connectivity index (χ1n) is 6.91. The van der Waals surface area contributed by atoms with Crippen LogP contribution < -0.4 is 0 Å². The van der Waals surface area contributed by atoms with Crippen LogP contribution >= 0.6 is 0 Å². The molecule has 3 unspecified atom stereocenters. The van der Waals surface area contributed by atoms with Crippen LogP contribution in [-0.4, -0.2) is 0 Å². The third kappa shape index (κ3) is 1.77. The van der Waals surface area contributed by atoms with E-state index in [-0.39, 0.29) is 0 Å². The van der Waals surface area contributed by atoms with Gasteiger partial charge in [0.25, 0.3) is 0 Å². The molecule has 2 fully saturated rings. The van der Waals surface area contributed by atoms with Gasteiger partial charge in [-0.3, -0.25) is 0 Å². The summed E-state index contributed by atoms with van der Waals surface area (Å²) < 4.78 is 0. The van der Waals surface area contributed by atoms with Gasteiger partial charge in [-0.05, 0) is 55.3 Å². The smallest absolute Gasteiger partial charge is 0.0143 e. The van der Waals surface area contributed by atoms with E-state index >= 15 is 0 Å². The molecule has 3 atom stereocenters. The van der Waals surface area contributed by atoms with Gasteiger partial charge < -0.3 is 0 Å². The minimum atomic E-state index is 0.585. The Morgan fingerprint density at radius 3 is 2.75 bits per heavy atom. The highest BCUT2D eigenvalue weighted by Crippen LogP contribution is 2.59. The van der Waals surface area contributed by atoms with Crippen molar-refractivity contribution in [2.45, 2.75) is 52.9 Å². The Balaban J connectivity index is 2.27. The van der Waals surface area contributed by atoms with E-state index in [2.05, 4.69) is 33.4 Å². The highest BCUT2D eigenvalue weighted by molar-refractivity contribution is 5.21. The average molecular weight is 218 g/mol. The lowest BCUT2D eigenvalue weighted by Gasteiger charge is -2.43. The van der Waals surface area contributed by atoms with Gasteiger partial charge in [-0.15, -0.1) is 0 Å². The Bertz CT molecular complexity index is 297. The molecule has 0 radical (unpaired) electrons. The lowest BCUT2D eigenvalue weighted by atomic mass is 9.61. The topological polar surface area (TPSA) is 0 Å². The molecule has 0 heteroatoms. The number of hydrogen-bond acceptors (Lipinski definition) is 0. The fraction of sp³-hybridized carbons (Fsp3) is 0.750. The number of rotatable bonds is 2. The van der Waals surface area contributed by atoms with Gasteiger partial charge in [0, 0.05) is 0 Å². The molecule has 0 spiro atoms. The van der Waals surface area contributed by atoms with Crippen molar-refractivity contribution in [3.05, 3.63) is 24.3 Å². The van der Waals surface area contributed by atoms with Crippen LogP contribution in [0.3, 0.4) is 0 Å². The van der Waals surface area contributed by atoms with E-state index < -0.39 is 0 Å². The molecular formula is C16H26. The molecular weight excluding hydrogens is 192 g/mol. The van der Waals surface area contributed by atoms with Crippen LogP contribution in [0.4, 0.5) is 0 Å². The first-order valence-corrected chi connectivity index (χ1v) is 6.91. The summed E-state index contributed by atoms with van der Waals surface area (Å²) in [5.41, 5.74) is 2.27. The molecule has 0 amide bonds. The van der Waals surface area contributed by atoms with Crippen molar-refractivity contribution in [1.82, 2.24) is 0 Å². The highest BCUT2D eigenvalue weighted by Gasteiger charge is 2.49. The summed E-state index contributed by atoms with van der Waals surface area (Å²) in [5.74, 6) is 2.63. The van der Waals surface area contributed by atoms with Gasteiger partial charge >= 0.3 is 0 Å². The molecule has 2 aliphatic carbocycles. The van der Waals surface area contributed by atoms with E-state index in [0.717, 1.165) is 17.8 Å². The summed E-state index contributed by atoms with van der Waals surface area (Å²) in [6.45, 7) is 11.2. The Morgan fingerprint density at radius 1 is 1.38 bits per heavy atom.